The fourth-order valence-electron chi connectivity index (χ4n) is 2.47. The molecule has 0 spiro atoms. The minimum Gasteiger partial charge on any atom is -0.448 e. The quantitative estimate of drug-likeness (QED) is 0.900. The summed E-state index contributed by atoms with van der Waals surface area (Å²) < 4.78 is 10.4. The van der Waals surface area contributed by atoms with Gasteiger partial charge >= 0.3 is 6.09 Å². The van der Waals surface area contributed by atoms with Crippen LogP contribution in [0.4, 0.5) is 4.79 Å². The molecule has 3 rings (SSSR count). The zero-order valence-corrected chi connectivity index (χ0v) is 12.5. The zero-order valence-electron chi connectivity index (χ0n) is 11.7. The molecule has 114 valence electrons. The highest BCUT2D eigenvalue weighted by molar-refractivity contribution is 7.14. The van der Waals surface area contributed by atoms with Gasteiger partial charge in [0.05, 0.1) is 17.5 Å². The van der Waals surface area contributed by atoms with Crippen molar-refractivity contribution in [3.05, 3.63) is 21.9 Å². The molecule has 2 aliphatic rings. The van der Waals surface area contributed by atoms with Crippen LogP contribution in [-0.2, 0) is 9.47 Å². The van der Waals surface area contributed by atoms with E-state index in [4.69, 9.17) is 9.47 Å². The Kier molecular flexibility index (Phi) is 4.40. The van der Waals surface area contributed by atoms with E-state index in [0.717, 1.165) is 24.3 Å². The van der Waals surface area contributed by atoms with Crippen molar-refractivity contribution in [3.8, 4) is 0 Å². The van der Waals surface area contributed by atoms with Crippen molar-refractivity contribution in [3.63, 3.8) is 0 Å². The molecule has 2 saturated heterocycles. The summed E-state index contributed by atoms with van der Waals surface area (Å²) in [6, 6.07) is 3.80. The third-order valence-corrected chi connectivity index (χ3v) is 4.79. The molecule has 0 aliphatic carbocycles. The fourth-order valence-corrected chi connectivity index (χ4v) is 3.48. The second kappa shape index (κ2) is 6.44. The molecule has 6 nitrogen and oxygen atoms in total. The van der Waals surface area contributed by atoms with Gasteiger partial charge in [0.1, 0.15) is 6.61 Å². The molecular formula is C14H18N2O4S. The van der Waals surface area contributed by atoms with Crippen molar-refractivity contribution in [2.45, 2.75) is 18.9 Å². The minimum absolute atomic E-state index is 0.100. The molecule has 0 bridgehead atoms. The Bertz CT molecular complexity index is 525. The second-order valence-corrected chi connectivity index (χ2v) is 6.18. The lowest BCUT2D eigenvalue weighted by Crippen LogP contribution is -2.35. The van der Waals surface area contributed by atoms with Gasteiger partial charge in [-0.05, 0) is 25.0 Å². The Balaban J connectivity index is 1.47. The van der Waals surface area contributed by atoms with Gasteiger partial charge in [0.25, 0.3) is 5.91 Å². The maximum atomic E-state index is 12.1. The lowest BCUT2D eigenvalue weighted by Gasteiger charge is -2.12. The van der Waals surface area contributed by atoms with Crippen molar-refractivity contribution in [1.29, 1.82) is 0 Å². The van der Waals surface area contributed by atoms with E-state index in [1.165, 1.54) is 11.3 Å². The van der Waals surface area contributed by atoms with E-state index < -0.39 is 0 Å². The van der Waals surface area contributed by atoms with Crippen LogP contribution in [0.3, 0.4) is 0 Å². The molecule has 1 aromatic rings. The highest BCUT2D eigenvalue weighted by Gasteiger charge is 2.22. The van der Waals surface area contributed by atoms with Crippen LogP contribution in [-0.4, -0.2) is 49.7 Å². The first kappa shape index (κ1) is 14.3. The molecule has 1 atom stereocenters. The smallest absolute Gasteiger partial charge is 0.409 e. The van der Waals surface area contributed by atoms with E-state index in [1.807, 2.05) is 12.1 Å². The molecule has 0 aromatic carbocycles. The first-order valence-corrected chi connectivity index (χ1v) is 7.97. The molecule has 2 amide bonds. The van der Waals surface area contributed by atoms with E-state index in [0.29, 0.717) is 31.1 Å². The highest BCUT2D eigenvalue weighted by Crippen LogP contribution is 2.33. The molecule has 1 N–H and O–H groups in total. The van der Waals surface area contributed by atoms with E-state index >= 15 is 0 Å². The van der Waals surface area contributed by atoms with Crippen molar-refractivity contribution in [2.24, 2.45) is 0 Å². The lowest BCUT2D eigenvalue weighted by atomic mass is 10.2. The summed E-state index contributed by atoms with van der Waals surface area (Å²) in [6.07, 6.45) is 1.95. The van der Waals surface area contributed by atoms with E-state index in [1.54, 1.807) is 4.90 Å². The summed E-state index contributed by atoms with van der Waals surface area (Å²) in [5, 5.41) is 2.83. The molecule has 2 aliphatic heterocycles. The lowest BCUT2D eigenvalue weighted by molar-refractivity contribution is 0.0953. The van der Waals surface area contributed by atoms with Crippen LogP contribution in [0.2, 0.25) is 0 Å². The van der Waals surface area contributed by atoms with Crippen LogP contribution < -0.4 is 5.32 Å². The number of amides is 2. The number of rotatable bonds is 5. The maximum absolute atomic E-state index is 12.1. The summed E-state index contributed by atoms with van der Waals surface area (Å²) in [5.41, 5.74) is 0. The van der Waals surface area contributed by atoms with Gasteiger partial charge < -0.3 is 19.7 Å². The first-order valence-electron chi connectivity index (χ1n) is 7.15. The Hall–Kier alpha value is -1.60. The maximum Gasteiger partial charge on any atom is 0.409 e. The minimum atomic E-state index is -0.305. The van der Waals surface area contributed by atoms with Gasteiger partial charge in [-0.3, -0.25) is 4.79 Å². The number of carbonyl (C=O) groups excluding carboxylic acids is 2. The van der Waals surface area contributed by atoms with Crippen LogP contribution in [0.15, 0.2) is 12.1 Å². The monoisotopic (exact) mass is 310 g/mol. The van der Waals surface area contributed by atoms with E-state index in [2.05, 4.69) is 5.32 Å². The standard InChI is InChI=1S/C14H18N2O4S/c17-13(15-5-6-16-7-9-20-14(16)18)12-4-3-11(21-12)10-2-1-8-19-10/h3-4,10H,1-2,5-9H2,(H,15,17)/t10-/m0/s1. The number of thiophene rings is 1. The Morgan fingerprint density at radius 2 is 2.33 bits per heavy atom. The molecule has 2 fully saturated rings. The fraction of sp³-hybridized carbons (Fsp3) is 0.571. The molecule has 0 radical (unpaired) electrons. The number of nitrogens with one attached hydrogen (secondary N) is 1. The predicted molar refractivity (Wildman–Crippen MR) is 77.5 cm³/mol. The summed E-state index contributed by atoms with van der Waals surface area (Å²) in [4.78, 5) is 26.7. The number of hydrogen-bond donors (Lipinski definition) is 1. The molecule has 0 unspecified atom stereocenters. The van der Waals surface area contributed by atoms with Crippen molar-refractivity contribution < 1.29 is 19.1 Å². The second-order valence-electron chi connectivity index (χ2n) is 5.06. The summed E-state index contributed by atoms with van der Waals surface area (Å²) >= 11 is 1.48. The van der Waals surface area contributed by atoms with Gasteiger partial charge in [-0.1, -0.05) is 0 Å². The Morgan fingerprint density at radius 1 is 1.43 bits per heavy atom. The van der Waals surface area contributed by atoms with Gasteiger partial charge in [-0.25, -0.2) is 4.79 Å². The Labute approximate surface area is 127 Å². The number of nitrogens with zero attached hydrogens (tertiary/aromatic N) is 1. The normalized spacial score (nSPS) is 21.6. The topological polar surface area (TPSA) is 67.9 Å². The molecule has 0 saturated carbocycles. The first-order chi connectivity index (χ1) is 10.2. The summed E-state index contributed by atoms with van der Waals surface area (Å²) in [7, 11) is 0. The van der Waals surface area contributed by atoms with Gasteiger partial charge in [-0.2, -0.15) is 0 Å². The number of cyclic esters (lactones) is 1. The van der Waals surface area contributed by atoms with Crippen molar-refractivity contribution >= 4 is 23.3 Å². The van der Waals surface area contributed by atoms with Crippen molar-refractivity contribution in [1.82, 2.24) is 10.2 Å². The number of hydrogen-bond acceptors (Lipinski definition) is 5. The van der Waals surface area contributed by atoms with Crippen LogP contribution in [0.5, 0.6) is 0 Å². The number of ether oxygens (including phenoxy) is 2. The van der Waals surface area contributed by atoms with Gasteiger partial charge in [0.2, 0.25) is 0 Å². The van der Waals surface area contributed by atoms with Crippen LogP contribution in [0.1, 0.15) is 33.5 Å². The third-order valence-electron chi connectivity index (χ3n) is 3.61. The third kappa shape index (κ3) is 3.36. The molecule has 3 heterocycles. The molecular weight excluding hydrogens is 292 g/mol. The predicted octanol–water partition coefficient (Wildman–Crippen LogP) is 1.78. The Morgan fingerprint density at radius 3 is 3.05 bits per heavy atom. The average molecular weight is 310 g/mol. The van der Waals surface area contributed by atoms with Crippen molar-refractivity contribution in [2.75, 3.05) is 32.8 Å². The van der Waals surface area contributed by atoms with Gasteiger partial charge in [0, 0.05) is 24.6 Å². The highest BCUT2D eigenvalue weighted by atomic mass is 32.1. The van der Waals surface area contributed by atoms with Crippen LogP contribution >= 0.6 is 11.3 Å². The summed E-state index contributed by atoms with van der Waals surface area (Å²) in [5.74, 6) is -0.100. The van der Waals surface area contributed by atoms with Gasteiger partial charge in [-0.15, -0.1) is 11.3 Å². The van der Waals surface area contributed by atoms with Crippen LogP contribution in [0.25, 0.3) is 0 Å². The largest absolute Gasteiger partial charge is 0.448 e. The molecule has 7 heteroatoms. The SMILES string of the molecule is O=C(NCCN1CCOC1=O)c1ccc([C@@H]2CCCO2)s1. The van der Waals surface area contributed by atoms with Crippen LogP contribution in [0, 0.1) is 0 Å². The van der Waals surface area contributed by atoms with E-state index in [-0.39, 0.29) is 18.1 Å². The van der Waals surface area contributed by atoms with E-state index in [9.17, 15) is 9.59 Å². The number of carbonyl (C=O) groups is 2. The molecule has 21 heavy (non-hydrogen) atoms. The summed E-state index contributed by atoms with van der Waals surface area (Å²) in [6.45, 7) is 2.74. The zero-order chi connectivity index (χ0) is 14.7. The average Bonchev–Trinajstić information content (AvgIpc) is 3.19. The molecule has 1 aromatic heterocycles. The van der Waals surface area contributed by atoms with Gasteiger partial charge in [0.15, 0.2) is 0 Å².